The summed E-state index contributed by atoms with van der Waals surface area (Å²) in [5, 5.41) is 8.80. The normalized spacial score (nSPS) is 14.9. The van der Waals surface area contributed by atoms with E-state index in [9.17, 15) is 0 Å². The molecule has 2 heterocycles. The molecule has 0 unspecified atom stereocenters. The third-order valence-electron chi connectivity index (χ3n) is 4.05. The van der Waals surface area contributed by atoms with Gasteiger partial charge in [-0.15, -0.1) is 0 Å². The number of hydrogen-bond donors (Lipinski definition) is 1. The van der Waals surface area contributed by atoms with Crippen LogP contribution in [0.5, 0.6) is 0 Å². The minimum absolute atomic E-state index is 0.695. The Morgan fingerprint density at radius 2 is 2.14 bits per heavy atom. The maximum absolute atomic E-state index is 6.42. The van der Waals surface area contributed by atoms with Crippen molar-refractivity contribution in [2.75, 3.05) is 0 Å². The van der Waals surface area contributed by atoms with Crippen LogP contribution in [0.25, 0.3) is 0 Å². The molecule has 2 aromatic heterocycles. The van der Waals surface area contributed by atoms with Crippen LogP contribution in [-0.2, 0) is 19.6 Å². The van der Waals surface area contributed by atoms with Gasteiger partial charge in [0.15, 0.2) is 0 Å². The van der Waals surface area contributed by atoms with Crippen molar-refractivity contribution in [1.82, 2.24) is 24.6 Å². The molecule has 5 nitrogen and oxygen atoms in total. The Bertz CT molecular complexity index is 639. The summed E-state index contributed by atoms with van der Waals surface area (Å²) in [5.41, 5.74) is 3.16. The summed E-state index contributed by atoms with van der Waals surface area (Å²) in [6.07, 6.45) is 4.54. The van der Waals surface area contributed by atoms with Gasteiger partial charge in [-0.05, 0) is 33.6 Å². The van der Waals surface area contributed by atoms with Gasteiger partial charge in [-0.25, -0.2) is 4.98 Å². The van der Waals surface area contributed by atoms with Gasteiger partial charge in [0.25, 0.3) is 0 Å². The maximum Gasteiger partial charge on any atom is 0.106 e. The molecule has 0 aromatic carbocycles. The Morgan fingerprint density at radius 1 is 1.38 bits per heavy atom. The van der Waals surface area contributed by atoms with E-state index in [1.54, 1.807) is 0 Å². The first-order chi connectivity index (χ1) is 10.1. The van der Waals surface area contributed by atoms with E-state index in [0.717, 1.165) is 41.9 Å². The molecule has 1 N–H and O–H groups in total. The summed E-state index contributed by atoms with van der Waals surface area (Å²) in [6, 6.07) is 0.695. The lowest BCUT2D eigenvalue weighted by molar-refractivity contribution is 0.572. The van der Waals surface area contributed by atoms with Gasteiger partial charge in [-0.1, -0.05) is 11.6 Å². The van der Waals surface area contributed by atoms with Crippen molar-refractivity contribution in [1.29, 1.82) is 0 Å². The number of nitrogens with zero attached hydrogens (tertiary/aromatic N) is 4. The molecular weight excluding hydrogens is 286 g/mol. The number of imidazole rings is 1. The second-order valence-electron chi connectivity index (χ2n) is 5.70. The van der Waals surface area contributed by atoms with Gasteiger partial charge < -0.3 is 9.88 Å². The minimum atomic E-state index is 0.695. The van der Waals surface area contributed by atoms with Crippen molar-refractivity contribution < 1.29 is 0 Å². The Kier molecular flexibility index (Phi) is 4.04. The minimum Gasteiger partial charge on any atom is -0.325 e. The van der Waals surface area contributed by atoms with E-state index in [-0.39, 0.29) is 0 Å². The van der Waals surface area contributed by atoms with Crippen molar-refractivity contribution >= 4 is 11.6 Å². The molecule has 1 aliphatic rings. The van der Waals surface area contributed by atoms with E-state index < -0.39 is 0 Å². The van der Waals surface area contributed by atoms with Gasteiger partial charge in [0, 0.05) is 25.3 Å². The highest BCUT2D eigenvalue weighted by Gasteiger charge is 2.21. The lowest BCUT2D eigenvalue weighted by Crippen LogP contribution is -2.19. The molecule has 1 saturated carbocycles. The fourth-order valence-electron chi connectivity index (χ4n) is 2.58. The topological polar surface area (TPSA) is 47.7 Å². The molecule has 0 saturated heterocycles. The van der Waals surface area contributed by atoms with E-state index >= 15 is 0 Å². The average molecular weight is 308 g/mol. The first-order valence-corrected chi connectivity index (χ1v) is 7.94. The predicted octanol–water partition coefficient (Wildman–Crippen LogP) is 2.67. The fraction of sp³-hybridized carbons (Fsp3) is 0.600. The van der Waals surface area contributed by atoms with E-state index in [2.05, 4.69) is 26.9 Å². The molecule has 1 fully saturated rings. The number of aryl methyl sites for hydroxylation is 3. The predicted molar refractivity (Wildman–Crippen MR) is 83.6 cm³/mol. The molecule has 0 amide bonds. The van der Waals surface area contributed by atoms with Crippen LogP contribution in [-0.4, -0.2) is 25.4 Å². The van der Waals surface area contributed by atoms with Gasteiger partial charge in [-0.3, -0.25) is 4.68 Å². The molecule has 0 bridgehead atoms. The quantitative estimate of drug-likeness (QED) is 0.892. The van der Waals surface area contributed by atoms with E-state index in [0.29, 0.717) is 6.04 Å². The zero-order valence-corrected chi connectivity index (χ0v) is 13.6. The zero-order valence-electron chi connectivity index (χ0n) is 12.9. The van der Waals surface area contributed by atoms with Crippen LogP contribution in [0.2, 0.25) is 5.02 Å². The van der Waals surface area contributed by atoms with Crippen molar-refractivity contribution in [2.45, 2.75) is 59.3 Å². The number of nitrogens with one attached hydrogen (secondary N) is 1. The molecular formula is C15H22ClN5. The maximum atomic E-state index is 6.42. The summed E-state index contributed by atoms with van der Waals surface area (Å²) in [4.78, 5) is 4.45. The Morgan fingerprint density at radius 3 is 2.81 bits per heavy atom. The summed E-state index contributed by atoms with van der Waals surface area (Å²) in [6.45, 7) is 8.49. The molecule has 3 rings (SSSR count). The van der Waals surface area contributed by atoms with Crippen LogP contribution in [0.3, 0.4) is 0 Å². The fourth-order valence-corrected chi connectivity index (χ4v) is 2.77. The van der Waals surface area contributed by atoms with Crippen LogP contribution in [0, 0.1) is 13.8 Å². The molecule has 0 spiro atoms. The van der Waals surface area contributed by atoms with Gasteiger partial charge in [0.1, 0.15) is 5.82 Å². The lowest BCUT2D eigenvalue weighted by Gasteiger charge is -2.12. The molecule has 6 heteroatoms. The molecule has 21 heavy (non-hydrogen) atoms. The highest BCUT2D eigenvalue weighted by molar-refractivity contribution is 6.31. The number of aromatic nitrogens is 4. The van der Waals surface area contributed by atoms with Crippen LogP contribution in [0.15, 0.2) is 6.20 Å². The van der Waals surface area contributed by atoms with E-state index in [1.807, 2.05) is 24.7 Å². The van der Waals surface area contributed by atoms with Gasteiger partial charge in [0.2, 0.25) is 0 Å². The summed E-state index contributed by atoms with van der Waals surface area (Å²) in [7, 11) is 0. The van der Waals surface area contributed by atoms with Gasteiger partial charge in [0.05, 0.1) is 28.6 Å². The Balaban J connectivity index is 1.85. The van der Waals surface area contributed by atoms with Crippen molar-refractivity contribution in [3.05, 3.63) is 34.1 Å². The van der Waals surface area contributed by atoms with Crippen LogP contribution >= 0.6 is 11.6 Å². The third-order valence-corrected chi connectivity index (χ3v) is 4.54. The summed E-state index contributed by atoms with van der Waals surface area (Å²) < 4.78 is 4.21. The van der Waals surface area contributed by atoms with Gasteiger partial charge >= 0.3 is 0 Å². The number of hydrogen-bond acceptors (Lipinski definition) is 3. The summed E-state index contributed by atoms with van der Waals surface area (Å²) >= 11 is 6.42. The molecule has 0 aliphatic heterocycles. The molecule has 1 aliphatic carbocycles. The first-order valence-electron chi connectivity index (χ1n) is 7.56. The third kappa shape index (κ3) is 2.99. The highest BCUT2D eigenvalue weighted by atomic mass is 35.5. The highest BCUT2D eigenvalue weighted by Crippen LogP contribution is 2.23. The van der Waals surface area contributed by atoms with Crippen LogP contribution in [0.4, 0.5) is 0 Å². The largest absolute Gasteiger partial charge is 0.325 e. The smallest absolute Gasteiger partial charge is 0.106 e. The summed E-state index contributed by atoms with van der Waals surface area (Å²) in [5.74, 6) is 1.01. The Labute approximate surface area is 130 Å². The van der Waals surface area contributed by atoms with E-state index in [4.69, 9.17) is 11.6 Å². The first kappa shape index (κ1) is 14.6. The number of halogens is 1. The van der Waals surface area contributed by atoms with E-state index in [1.165, 1.54) is 18.5 Å². The van der Waals surface area contributed by atoms with Crippen LogP contribution in [0.1, 0.15) is 42.7 Å². The molecule has 114 valence electrons. The molecule has 0 atom stereocenters. The van der Waals surface area contributed by atoms with Crippen LogP contribution < -0.4 is 5.32 Å². The zero-order chi connectivity index (χ0) is 15.0. The SMILES string of the molecule is CCn1nc(C)c(Cl)c1Cn1c(CNC2CC2)cnc1C. The standard InChI is InChI=1S/C15H22ClN5/c1-4-21-14(15(16)10(2)19-21)9-20-11(3)17-7-13(20)8-18-12-5-6-12/h7,12,18H,4-6,8-9H2,1-3H3. The molecule has 0 radical (unpaired) electrons. The lowest BCUT2D eigenvalue weighted by atomic mass is 10.3. The second-order valence-corrected chi connectivity index (χ2v) is 6.08. The van der Waals surface area contributed by atoms with Gasteiger partial charge in [-0.2, -0.15) is 5.10 Å². The molecule has 2 aromatic rings. The van der Waals surface area contributed by atoms with Crippen molar-refractivity contribution in [2.24, 2.45) is 0 Å². The second kappa shape index (κ2) is 5.81. The number of rotatable bonds is 6. The monoisotopic (exact) mass is 307 g/mol. The Hall–Kier alpha value is -1.33. The average Bonchev–Trinajstić information content (AvgIpc) is 3.19. The van der Waals surface area contributed by atoms with Crippen molar-refractivity contribution in [3.8, 4) is 0 Å². The van der Waals surface area contributed by atoms with Crippen molar-refractivity contribution in [3.63, 3.8) is 0 Å².